The number of nitrogens with one attached hydrogen (secondary N) is 1. The van der Waals surface area contributed by atoms with Crippen LogP contribution in [-0.4, -0.2) is 33.3 Å². The van der Waals surface area contributed by atoms with Gasteiger partial charge in [-0.1, -0.05) is 54.3 Å². The maximum Gasteiger partial charge on any atom is 0.233 e. The Labute approximate surface area is 171 Å². The Bertz CT molecular complexity index is 863. The molecule has 3 aromatic rings. The van der Waals surface area contributed by atoms with Crippen LogP contribution in [0.3, 0.4) is 0 Å². The van der Waals surface area contributed by atoms with Gasteiger partial charge >= 0.3 is 0 Å². The van der Waals surface area contributed by atoms with E-state index < -0.39 is 0 Å². The molecule has 0 aliphatic rings. The fraction of sp³-hybridized carbons (Fsp3) is 0.316. The number of para-hydroxylation sites is 1. The Hall–Kier alpha value is -1.90. The first-order valence-corrected chi connectivity index (χ1v) is 11.5. The topological polar surface area (TPSA) is 58.1 Å². The summed E-state index contributed by atoms with van der Waals surface area (Å²) in [6, 6.07) is 12.3. The monoisotopic (exact) mass is 418 g/mol. The maximum atomic E-state index is 12.5. The summed E-state index contributed by atoms with van der Waals surface area (Å²) in [6.45, 7) is 5.51. The standard InChI is InChI=1S/C19H22N4OS3/c1-3-14-8-5-6-10-16(14)20-18-21-22-19(27-18)26-13-17(24)23(4-2)12-15-9-7-11-25-15/h5-11H,3-4,12-13H2,1-2H3,(H,20,21). The minimum atomic E-state index is 0.122. The Morgan fingerprint density at radius 1 is 1.19 bits per heavy atom. The van der Waals surface area contributed by atoms with Crippen molar-refractivity contribution in [3.05, 3.63) is 52.2 Å². The van der Waals surface area contributed by atoms with E-state index in [1.54, 1.807) is 11.3 Å². The Morgan fingerprint density at radius 2 is 2.04 bits per heavy atom. The second-order valence-electron chi connectivity index (χ2n) is 5.78. The van der Waals surface area contributed by atoms with Crippen LogP contribution in [0.1, 0.15) is 24.3 Å². The van der Waals surface area contributed by atoms with Crippen molar-refractivity contribution in [1.82, 2.24) is 15.1 Å². The number of carbonyl (C=O) groups is 1. The number of benzene rings is 1. The lowest BCUT2D eigenvalue weighted by atomic mass is 10.1. The van der Waals surface area contributed by atoms with Crippen LogP contribution in [0.5, 0.6) is 0 Å². The summed E-state index contributed by atoms with van der Waals surface area (Å²) in [5.41, 5.74) is 2.29. The molecule has 0 aliphatic heterocycles. The smallest absolute Gasteiger partial charge is 0.233 e. The molecule has 3 rings (SSSR count). The number of amides is 1. The second-order valence-corrected chi connectivity index (χ2v) is 9.02. The first kappa shape index (κ1) is 19.9. The third-order valence-corrected chi connectivity index (χ3v) is 6.84. The average Bonchev–Trinajstić information content (AvgIpc) is 3.36. The van der Waals surface area contributed by atoms with Crippen molar-refractivity contribution >= 4 is 51.2 Å². The van der Waals surface area contributed by atoms with E-state index in [-0.39, 0.29) is 5.91 Å². The summed E-state index contributed by atoms with van der Waals surface area (Å²) in [7, 11) is 0. The molecule has 2 heterocycles. The van der Waals surface area contributed by atoms with Crippen molar-refractivity contribution in [3.63, 3.8) is 0 Å². The first-order chi connectivity index (χ1) is 13.2. The molecule has 0 saturated heterocycles. The molecule has 0 unspecified atom stereocenters. The number of carbonyl (C=O) groups excluding carboxylic acids is 1. The lowest BCUT2D eigenvalue weighted by Gasteiger charge is -2.19. The van der Waals surface area contributed by atoms with E-state index in [1.165, 1.54) is 33.5 Å². The van der Waals surface area contributed by atoms with Crippen LogP contribution in [0.4, 0.5) is 10.8 Å². The molecule has 0 radical (unpaired) electrons. The molecule has 27 heavy (non-hydrogen) atoms. The number of anilines is 2. The van der Waals surface area contributed by atoms with Crippen molar-refractivity contribution < 1.29 is 4.79 Å². The molecule has 0 atom stereocenters. The van der Waals surface area contributed by atoms with Crippen molar-refractivity contribution in [2.45, 2.75) is 31.2 Å². The minimum absolute atomic E-state index is 0.122. The predicted octanol–water partition coefficient (Wildman–Crippen LogP) is 5.05. The SMILES string of the molecule is CCc1ccccc1Nc1nnc(SCC(=O)N(CC)Cc2cccs2)s1. The van der Waals surface area contributed by atoms with Gasteiger partial charge in [0, 0.05) is 17.1 Å². The number of rotatable bonds is 9. The average molecular weight is 419 g/mol. The molecular formula is C19H22N4OS3. The quantitative estimate of drug-likeness (QED) is 0.493. The molecule has 0 saturated carbocycles. The molecule has 2 aromatic heterocycles. The van der Waals surface area contributed by atoms with Crippen LogP contribution in [-0.2, 0) is 17.8 Å². The summed E-state index contributed by atoms with van der Waals surface area (Å²) in [4.78, 5) is 15.6. The molecule has 0 aliphatic carbocycles. The van der Waals surface area contributed by atoms with Gasteiger partial charge in [-0.15, -0.1) is 21.5 Å². The van der Waals surface area contributed by atoms with E-state index in [0.717, 1.165) is 21.6 Å². The molecule has 1 N–H and O–H groups in total. The van der Waals surface area contributed by atoms with E-state index in [0.29, 0.717) is 18.8 Å². The van der Waals surface area contributed by atoms with Crippen molar-refractivity contribution in [1.29, 1.82) is 0 Å². The van der Waals surface area contributed by atoms with Crippen LogP contribution < -0.4 is 5.32 Å². The summed E-state index contributed by atoms with van der Waals surface area (Å²) < 4.78 is 0.798. The Kier molecular flexibility index (Phi) is 7.25. The highest BCUT2D eigenvalue weighted by molar-refractivity contribution is 8.01. The van der Waals surface area contributed by atoms with Gasteiger partial charge in [0.15, 0.2) is 4.34 Å². The lowest BCUT2D eigenvalue weighted by Crippen LogP contribution is -2.31. The van der Waals surface area contributed by atoms with Gasteiger partial charge < -0.3 is 10.2 Å². The van der Waals surface area contributed by atoms with Crippen LogP contribution in [0.15, 0.2) is 46.1 Å². The number of aryl methyl sites for hydroxylation is 1. The van der Waals surface area contributed by atoms with Gasteiger partial charge in [0.2, 0.25) is 11.0 Å². The van der Waals surface area contributed by atoms with Gasteiger partial charge in [-0.05, 0) is 36.4 Å². The van der Waals surface area contributed by atoms with Crippen LogP contribution >= 0.6 is 34.4 Å². The van der Waals surface area contributed by atoms with Crippen LogP contribution in [0, 0.1) is 0 Å². The fourth-order valence-electron chi connectivity index (χ4n) is 2.57. The van der Waals surface area contributed by atoms with Crippen molar-refractivity contribution in [3.8, 4) is 0 Å². The number of thiophene rings is 1. The molecule has 0 spiro atoms. The van der Waals surface area contributed by atoms with Crippen LogP contribution in [0.25, 0.3) is 0 Å². The molecule has 1 aromatic carbocycles. The minimum Gasteiger partial charge on any atom is -0.337 e. The first-order valence-electron chi connectivity index (χ1n) is 8.81. The van der Waals surface area contributed by atoms with Crippen molar-refractivity contribution in [2.24, 2.45) is 0 Å². The Morgan fingerprint density at radius 3 is 2.78 bits per heavy atom. The maximum absolute atomic E-state index is 12.5. The van der Waals surface area contributed by atoms with E-state index >= 15 is 0 Å². The van der Waals surface area contributed by atoms with E-state index in [1.807, 2.05) is 41.5 Å². The molecule has 142 valence electrons. The zero-order valence-electron chi connectivity index (χ0n) is 15.3. The van der Waals surface area contributed by atoms with Gasteiger partial charge in [0.25, 0.3) is 0 Å². The summed E-state index contributed by atoms with van der Waals surface area (Å²) >= 11 is 4.59. The number of thioether (sulfide) groups is 1. The highest BCUT2D eigenvalue weighted by Crippen LogP contribution is 2.29. The highest BCUT2D eigenvalue weighted by Gasteiger charge is 2.15. The van der Waals surface area contributed by atoms with Gasteiger partial charge in [0.1, 0.15) is 0 Å². The zero-order chi connectivity index (χ0) is 19.1. The van der Waals surface area contributed by atoms with Crippen molar-refractivity contribution in [2.75, 3.05) is 17.6 Å². The summed E-state index contributed by atoms with van der Waals surface area (Å²) in [6.07, 6.45) is 0.954. The van der Waals surface area contributed by atoms with Crippen LogP contribution in [0.2, 0.25) is 0 Å². The van der Waals surface area contributed by atoms with Gasteiger partial charge in [-0.2, -0.15) is 0 Å². The summed E-state index contributed by atoms with van der Waals surface area (Å²) in [5.74, 6) is 0.497. The number of hydrogen-bond acceptors (Lipinski definition) is 7. The number of hydrogen-bond donors (Lipinski definition) is 1. The van der Waals surface area contributed by atoms with Gasteiger partial charge in [0.05, 0.1) is 12.3 Å². The highest BCUT2D eigenvalue weighted by atomic mass is 32.2. The normalized spacial score (nSPS) is 10.7. The second kappa shape index (κ2) is 9.87. The molecule has 0 fully saturated rings. The number of nitrogens with zero attached hydrogens (tertiary/aromatic N) is 3. The predicted molar refractivity (Wildman–Crippen MR) is 115 cm³/mol. The van der Waals surface area contributed by atoms with E-state index in [4.69, 9.17) is 0 Å². The summed E-state index contributed by atoms with van der Waals surface area (Å²) in [5, 5.41) is 14.5. The molecular weight excluding hydrogens is 396 g/mol. The third-order valence-electron chi connectivity index (χ3n) is 4.03. The molecule has 5 nitrogen and oxygen atoms in total. The Balaban J connectivity index is 1.55. The van der Waals surface area contributed by atoms with Gasteiger partial charge in [-0.25, -0.2) is 0 Å². The number of aromatic nitrogens is 2. The zero-order valence-corrected chi connectivity index (χ0v) is 17.8. The van der Waals surface area contributed by atoms with E-state index in [2.05, 4.69) is 34.6 Å². The third kappa shape index (κ3) is 5.54. The molecule has 1 amide bonds. The molecule has 0 bridgehead atoms. The fourth-order valence-corrected chi connectivity index (χ4v) is 4.95. The molecule has 8 heteroatoms. The van der Waals surface area contributed by atoms with Gasteiger partial charge in [-0.3, -0.25) is 4.79 Å². The lowest BCUT2D eigenvalue weighted by molar-refractivity contribution is -0.128. The largest absolute Gasteiger partial charge is 0.337 e. The van der Waals surface area contributed by atoms with E-state index in [9.17, 15) is 4.79 Å².